The van der Waals surface area contributed by atoms with E-state index in [1.54, 1.807) is 24.7 Å². The third kappa shape index (κ3) is 3.64. The fourth-order valence-corrected chi connectivity index (χ4v) is 3.36. The molecule has 0 aliphatic carbocycles. The molecule has 0 radical (unpaired) electrons. The minimum Gasteiger partial charge on any atom is -0.365 e. The predicted molar refractivity (Wildman–Crippen MR) is 100 cm³/mol. The summed E-state index contributed by atoms with van der Waals surface area (Å²) in [6, 6.07) is 5.27. The quantitative estimate of drug-likeness (QED) is 0.690. The van der Waals surface area contributed by atoms with Gasteiger partial charge in [0.2, 0.25) is 5.95 Å². The number of halogens is 3. The summed E-state index contributed by atoms with van der Waals surface area (Å²) in [4.78, 5) is 17.0. The van der Waals surface area contributed by atoms with E-state index in [0.29, 0.717) is 11.3 Å². The molecule has 4 rings (SSSR count). The molecule has 0 spiro atoms. The molecule has 0 saturated carbocycles. The Labute approximate surface area is 160 Å². The maximum atomic E-state index is 13.0. The van der Waals surface area contributed by atoms with E-state index in [0.717, 1.165) is 49.9 Å². The number of nitrogens with zero attached hydrogens (tertiary/aromatic N) is 6. The number of anilines is 2. The van der Waals surface area contributed by atoms with Crippen molar-refractivity contribution >= 4 is 11.6 Å². The van der Waals surface area contributed by atoms with E-state index in [4.69, 9.17) is 0 Å². The van der Waals surface area contributed by atoms with Crippen molar-refractivity contribution in [2.75, 3.05) is 36.0 Å². The van der Waals surface area contributed by atoms with Crippen molar-refractivity contribution in [2.45, 2.75) is 6.18 Å². The number of aromatic nitrogens is 4. The monoisotopic (exact) mass is 388 g/mol. The Bertz CT molecular complexity index is 946. The summed E-state index contributed by atoms with van der Waals surface area (Å²) in [6.07, 6.45) is 2.47. The Hall–Kier alpha value is -3.10. The minimum absolute atomic E-state index is 0.455. The Morgan fingerprint density at radius 2 is 1.64 bits per heavy atom. The number of aryl methyl sites for hydroxylation is 1. The van der Waals surface area contributed by atoms with Gasteiger partial charge in [-0.1, -0.05) is 12.1 Å². The van der Waals surface area contributed by atoms with Crippen LogP contribution in [0, 0.1) is 0 Å². The Kier molecular flexibility index (Phi) is 4.66. The summed E-state index contributed by atoms with van der Waals surface area (Å²) in [6.45, 7) is 3.09. The average molecular weight is 388 g/mol. The smallest absolute Gasteiger partial charge is 0.365 e. The van der Waals surface area contributed by atoms with Crippen LogP contribution in [0.2, 0.25) is 0 Å². The van der Waals surface area contributed by atoms with Crippen molar-refractivity contribution in [1.82, 2.24) is 19.5 Å². The largest absolute Gasteiger partial charge is 0.416 e. The first-order valence-electron chi connectivity index (χ1n) is 8.88. The molecular formula is C19H19F3N6. The number of rotatable bonds is 3. The van der Waals surface area contributed by atoms with Gasteiger partial charge >= 0.3 is 6.18 Å². The van der Waals surface area contributed by atoms with Crippen LogP contribution in [-0.2, 0) is 13.2 Å². The molecule has 6 nitrogen and oxygen atoms in total. The summed E-state index contributed by atoms with van der Waals surface area (Å²) < 4.78 is 40.8. The van der Waals surface area contributed by atoms with Crippen LogP contribution in [-0.4, -0.2) is 45.7 Å². The lowest BCUT2D eigenvalue weighted by atomic mass is 10.1. The lowest BCUT2D eigenvalue weighted by molar-refractivity contribution is -0.137. The van der Waals surface area contributed by atoms with Gasteiger partial charge in [-0.25, -0.2) is 15.0 Å². The molecule has 1 saturated heterocycles. The molecule has 28 heavy (non-hydrogen) atoms. The van der Waals surface area contributed by atoms with Gasteiger partial charge in [-0.05, 0) is 12.1 Å². The Morgan fingerprint density at radius 1 is 0.964 bits per heavy atom. The maximum Gasteiger partial charge on any atom is 0.416 e. The van der Waals surface area contributed by atoms with E-state index >= 15 is 0 Å². The van der Waals surface area contributed by atoms with Gasteiger partial charge < -0.3 is 14.4 Å². The molecule has 1 fully saturated rings. The molecule has 0 N–H and O–H groups in total. The van der Waals surface area contributed by atoms with Crippen molar-refractivity contribution in [3.63, 3.8) is 0 Å². The van der Waals surface area contributed by atoms with Crippen LogP contribution in [0.5, 0.6) is 0 Å². The SMILES string of the molecule is Cn1cc(-c2cccc(C(F)(F)F)c2)nc1N1CCN(c2cncnc2)CC1. The van der Waals surface area contributed by atoms with Crippen molar-refractivity contribution in [1.29, 1.82) is 0 Å². The topological polar surface area (TPSA) is 50.1 Å². The third-order valence-corrected chi connectivity index (χ3v) is 4.81. The van der Waals surface area contributed by atoms with Gasteiger partial charge in [0.1, 0.15) is 6.33 Å². The number of piperazine rings is 1. The molecule has 146 valence electrons. The number of hydrogen-bond donors (Lipinski definition) is 0. The first-order chi connectivity index (χ1) is 13.4. The Morgan fingerprint density at radius 3 is 2.32 bits per heavy atom. The van der Waals surface area contributed by atoms with Gasteiger partial charge in [0.25, 0.3) is 0 Å². The highest BCUT2D eigenvalue weighted by Gasteiger charge is 2.30. The predicted octanol–water partition coefficient (Wildman–Crippen LogP) is 3.22. The van der Waals surface area contributed by atoms with Crippen LogP contribution in [0.1, 0.15) is 5.56 Å². The van der Waals surface area contributed by atoms with Crippen molar-refractivity contribution in [3.8, 4) is 11.3 Å². The summed E-state index contributed by atoms with van der Waals surface area (Å²) >= 11 is 0. The maximum absolute atomic E-state index is 13.0. The van der Waals surface area contributed by atoms with Gasteiger partial charge in [0.15, 0.2) is 0 Å². The highest BCUT2D eigenvalue weighted by Crippen LogP contribution is 2.32. The molecule has 0 atom stereocenters. The second-order valence-electron chi connectivity index (χ2n) is 6.69. The molecule has 9 heteroatoms. The van der Waals surface area contributed by atoms with Crippen molar-refractivity contribution < 1.29 is 13.2 Å². The van der Waals surface area contributed by atoms with E-state index in [1.807, 2.05) is 11.6 Å². The van der Waals surface area contributed by atoms with Crippen LogP contribution in [0.15, 0.2) is 49.2 Å². The first kappa shape index (κ1) is 18.3. The third-order valence-electron chi connectivity index (χ3n) is 4.81. The van der Waals surface area contributed by atoms with Gasteiger partial charge in [-0.2, -0.15) is 13.2 Å². The standard InChI is InChI=1S/C19H19F3N6/c1-26-12-17(14-3-2-4-15(9-14)19(20,21)22)25-18(26)28-7-5-27(6-8-28)16-10-23-13-24-11-16/h2-4,9-13H,5-8H2,1H3. The van der Waals surface area contributed by atoms with Gasteiger partial charge in [0.05, 0.1) is 29.3 Å². The second-order valence-corrected chi connectivity index (χ2v) is 6.69. The number of hydrogen-bond acceptors (Lipinski definition) is 5. The van der Waals surface area contributed by atoms with Crippen molar-refractivity contribution in [2.24, 2.45) is 7.05 Å². The van der Waals surface area contributed by atoms with Crippen LogP contribution >= 0.6 is 0 Å². The van der Waals surface area contributed by atoms with Crippen LogP contribution < -0.4 is 9.80 Å². The molecular weight excluding hydrogens is 369 g/mol. The van der Waals surface area contributed by atoms with E-state index < -0.39 is 11.7 Å². The fraction of sp³-hybridized carbons (Fsp3) is 0.316. The average Bonchev–Trinajstić information content (AvgIpc) is 3.10. The molecule has 1 aromatic carbocycles. The molecule has 0 amide bonds. The summed E-state index contributed by atoms with van der Waals surface area (Å²) in [5.74, 6) is 0.747. The van der Waals surface area contributed by atoms with Crippen LogP contribution in [0.25, 0.3) is 11.3 Å². The van der Waals surface area contributed by atoms with Gasteiger partial charge in [-0.3, -0.25) is 0 Å². The zero-order valence-corrected chi connectivity index (χ0v) is 15.3. The molecule has 2 aromatic heterocycles. The van der Waals surface area contributed by atoms with Gasteiger partial charge in [-0.15, -0.1) is 0 Å². The molecule has 1 aliphatic rings. The lowest BCUT2D eigenvalue weighted by Crippen LogP contribution is -2.47. The van der Waals surface area contributed by atoms with Crippen LogP contribution in [0.4, 0.5) is 24.8 Å². The zero-order valence-electron chi connectivity index (χ0n) is 15.3. The second kappa shape index (κ2) is 7.14. The number of alkyl halides is 3. The molecule has 3 aromatic rings. The number of imidazole rings is 1. The lowest BCUT2D eigenvalue weighted by Gasteiger charge is -2.36. The van der Waals surface area contributed by atoms with E-state index in [9.17, 15) is 13.2 Å². The van der Waals surface area contributed by atoms with Crippen LogP contribution in [0.3, 0.4) is 0 Å². The fourth-order valence-electron chi connectivity index (χ4n) is 3.36. The van der Waals surface area contributed by atoms with E-state index in [-0.39, 0.29) is 0 Å². The highest BCUT2D eigenvalue weighted by molar-refractivity contribution is 5.62. The van der Waals surface area contributed by atoms with Gasteiger partial charge in [0, 0.05) is 45.0 Å². The summed E-state index contributed by atoms with van der Waals surface area (Å²) in [7, 11) is 1.86. The van der Waals surface area contributed by atoms with E-state index in [1.165, 1.54) is 12.4 Å². The molecule has 0 bridgehead atoms. The zero-order chi connectivity index (χ0) is 19.7. The highest BCUT2D eigenvalue weighted by atomic mass is 19.4. The Balaban J connectivity index is 1.51. The molecule has 1 aliphatic heterocycles. The van der Waals surface area contributed by atoms with Crippen molar-refractivity contribution in [3.05, 3.63) is 54.7 Å². The number of benzene rings is 1. The summed E-state index contributed by atoms with van der Waals surface area (Å²) in [5.41, 5.74) is 1.29. The molecule has 0 unspecified atom stereocenters. The van der Waals surface area contributed by atoms with E-state index in [2.05, 4.69) is 24.8 Å². The summed E-state index contributed by atoms with van der Waals surface area (Å²) in [5, 5.41) is 0. The first-order valence-corrected chi connectivity index (χ1v) is 8.88. The molecule has 3 heterocycles. The normalized spacial score (nSPS) is 15.1. The minimum atomic E-state index is -4.37.